The summed E-state index contributed by atoms with van der Waals surface area (Å²) in [5, 5.41) is 0. The number of benzene rings is 1. The summed E-state index contributed by atoms with van der Waals surface area (Å²) in [4.78, 5) is 28.3. The Bertz CT molecular complexity index is 734. The van der Waals surface area contributed by atoms with Gasteiger partial charge in [0.05, 0.1) is 18.8 Å². The minimum absolute atomic E-state index is 0.0883. The highest BCUT2D eigenvalue weighted by Crippen LogP contribution is 2.29. The van der Waals surface area contributed by atoms with Gasteiger partial charge in [0.2, 0.25) is 11.8 Å². The number of morpholine rings is 1. The molecule has 2 heterocycles. The van der Waals surface area contributed by atoms with Crippen LogP contribution in [0.4, 0.5) is 13.2 Å². The Hall–Kier alpha value is -2.35. The number of alkyl halides is 3. The minimum atomic E-state index is -4.41. The fourth-order valence-corrected chi connectivity index (χ4v) is 3.48. The van der Waals surface area contributed by atoms with Gasteiger partial charge in [-0.15, -0.1) is 0 Å². The molecule has 0 saturated carbocycles. The van der Waals surface area contributed by atoms with Crippen molar-refractivity contribution in [2.24, 2.45) is 5.92 Å². The Morgan fingerprint density at radius 1 is 1.04 bits per heavy atom. The molecule has 152 valence electrons. The van der Waals surface area contributed by atoms with E-state index in [0.717, 1.165) is 12.1 Å². The van der Waals surface area contributed by atoms with Crippen LogP contribution in [-0.2, 0) is 20.5 Å². The van der Waals surface area contributed by atoms with Gasteiger partial charge in [0, 0.05) is 38.2 Å². The van der Waals surface area contributed by atoms with Crippen molar-refractivity contribution in [3.63, 3.8) is 0 Å². The van der Waals surface area contributed by atoms with Crippen molar-refractivity contribution < 1.29 is 27.5 Å². The lowest BCUT2D eigenvalue weighted by Gasteiger charge is -2.35. The highest BCUT2D eigenvalue weighted by Gasteiger charge is 2.31. The lowest BCUT2D eigenvalue weighted by Crippen LogP contribution is -2.47. The van der Waals surface area contributed by atoms with E-state index >= 15 is 0 Å². The zero-order valence-corrected chi connectivity index (χ0v) is 15.5. The van der Waals surface area contributed by atoms with Crippen LogP contribution >= 0.6 is 0 Å². The van der Waals surface area contributed by atoms with E-state index in [0.29, 0.717) is 57.8 Å². The molecule has 2 amide bonds. The molecule has 3 rings (SSSR count). The molecule has 1 aromatic rings. The molecule has 5 nitrogen and oxygen atoms in total. The van der Waals surface area contributed by atoms with Crippen molar-refractivity contribution in [2.75, 3.05) is 39.4 Å². The summed E-state index contributed by atoms with van der Waals surface area (Å²) >= 11 is 0. The maximum Gasteiger partial charge on any atom is 0.416 e. The van der Waals surface area contributed by atoms with Crippen LogP contribution in [0.5, 0.6) is 0 Å². The Balaban J connectivity index is 1.52. The molecule has 8 heteroatoms. The first-order valence-electron chi connectivity index (χ1n) is 9.35. The fourth-order valence-electron chi connectivity index (χ4n) is 3.48. The largest absolute Gasteiger partial charge is 0.416 e. The van der Waals surface area contributed by atoms with Crippen molar-refractivity contribution in [3.8, 4) is 0 Å². The van der Waals surface area contributed by atoms with Crippen LogP contribution in [0, 0.1) is 5.92 Å². The maximum atomic E-state index is 12.8. The van der Waals surface area contributed by atoms with E-state index in [1.165, 1.54) is 24.3 Å². The lowest BCUT2D eigenvalue weighted by atomic mass is 9.95. The molecule has 0 radical (unpaired) electrons. The monoisotopic (exact) mass is 396 g/mol. The molecule has 0 bridgehead atoms. The first-order chi connectivity index (χ1) is 13.3. The molecule has 0 atom stereocenters. The number of nitrogens with zero attached hydrogens (tertiary/aromatic N) is 2. The van der Waals surface area contributed by atoms with E-state index < -0.39 is 11.7 Å². The summed E-state index contributed by atoms with van der Waals surface area (Å²) in [6, 6.07) is 4.84. The summed E-state index contributed by atoms with van der Waals surface area (Å²) in [6.45, 7) is 3.27. The van der Waals surface area contributed by atoms with Crippen LogP contribution in [0.3, 0.4) is 0 Å². The molecule has 2 aliphatic heterocycles. The normalized spacial score (nSPS) is 19.2. The zero-order chi connectivity index (χ0) is 20.1. The van der Waals surface area contributed by atoms with Crippen LogP contribution in [-0.4, -0.2) is 61.0 Å². The molecule has 0 unspecified atom stereocenters. The second-order valence-electron chi connectivity index (χ2n) is 6.99. The van der Waals surface area contributed by atoms with Crippen LogP contribution < -0.4 is 0 Å². The highest BCUT2D eigenvalue weighted by atomic mass is 19.4. The van der Waals surface area contributed by atoms with E-state index in [9.17, 15) is 22.8 Å². The number of hydrogen-bond donors (Lipinski definition) is 0. The predicted octanol–water partition coefficient (Wildman–Crippen LogP) is 2.82. The van der Waals surface area contributed by atoms with Crippen LogP contribution in [0.25, 0.3) is 6.08 Å². The second kappa shape index (κ2) is 8.77. The molecule has 2 saturated heterocycles. The minimum Gasteiger partial charge on any atom is -0.378 e. The smallest absolute Gasteiger partial charge is 0.378 e. The zero-order valence-electron chi connectivity index (χ0n) is 15.5. The van der Waals surface area contributed by atoms with Crippen molar-refractivity contribution >= 4 is 17.9 Å². The lowest BCUT2D eigenvalue weighted by molar-refractivity contribution is -0.142. The van der Waals surface area contributed by atoms with E-state index in [4.69, 9.17) is 4.74 Å². The number of hydrogen-bond acceptors (Lipinski definition) is 3. The van der Waals surface area contributed by atoms with Gasteiger partial charge in [-0.05, 0) is 36.6 Å². The van der Waals surface area contributed by atoms with Gasteiger partial charge in [0.1, 0.15) is 0 Å². The van der Waals surface area contributed by atoms with Gasteiger partial charge < -0.3 is 14.5 Å². The van der Waals surface area contributed by atoms with Gasteiger partial charge in [-0.1, -0.05) is 12.1 Å². The maximum absolute atomic E-state index is 12.8. The van der Waals surface area contributed by atoms with Crippen LogP contribution in [0.15, 0.2) is 30.3 Å². The highest BCUT2D eigenvalue weighted by molar-refractivity contribution is 5.92. The molecular formula is C20H23F3N2O3. The Morgan fingerprint density at radius 2 is 1.71 bits per heavy atom. The summed E-state index contributed by atoms with van der Waals surface area (Å²) in [5.74, 6) is -0.223. The topological polar surface area (TPSA) is 49.9 Å². The van der Waals surface area contributed by atoms with E-state index in [-0.39, 0.29) is 17.7 Å². The molecule has 1 aromatic carbocycles. The third-order valence-corrected chi connectivity index (χ3v) is 5.11. The first kappa shape index (κ1) is 20.4. The van der Waals surface area contributed by atoms with Crippen molar-refractivity contribution in [1.29, 1.82) is 0 Å². The fraction of sp³-hybridized carbons (Fsp3) is 0.500. The van der Waals surface area contributed by atoms with Crippen molar-refractivity contribution in [2.45, 2.75) is 19.0 Å². The van der Waals surface area contributed by atoms with Gasteiger partial charge in [0.15, 0.2) is 0 Å². The average molecular weight is 396 g/mol. The summed E-state index contributed by atoms with van der Waals surface area (Å²) in [7, 11) is 0. The summed E-state index contributed by atoms with van der Waals surface area (Å²) < 4.78 is 43.5. The van der Waals surface area contributed by atoms with Crippen LogP contribution in [0.2, 0.25) is 0 Å². The number of likely N-dealkylation sites (tertiary alicyclic amines) is 1. The van der Waals surface area contributed by atoms with Crippen LogP contribution in [0.1, 0.15) is 24.0 Å². The van der Waals surface area contributed by atoms with Gasteiger partial charge in [-0.2, -0.15) is 13.2 Å². The molecule has 0 N–H and O–H groups in total. The van der Waals surface area contributed by atoms with Gasteiger partial charge >= 0.3 is 6.18 Å². The Morgan fingerprint density at radius 3 is 2.36 bits per heavy atom. The number of carbonyl (C=O) groups excluding carboxylic acids is 2. The molecule has 0 aliphatic carbocycles. The van der Waals surface area contributed by atoms with Gasteiger partial charge in [0.25, 0.3) is 0 Å². The van der Waals surface area contributed by atoms with E-state index in [2.05, 4.69) is 0 Å². The third kappa shape index (κ3) is 5.13. The number of halogens is 3. The number of ether oxygens (including phenoxy) is 1. The molecule has 0 spiro atoms. The van der Waals surface area contributed by atoms with Crippen molar-refractivity contribution in [1.82, 2.24) is 9.80 Å². The first-order valence-corrected chi connectivity index (χ1v) is 9.35. The predicted molar refractivity (Wildman–Crippen MR) is 97.2 cm³/mol. The number of rotatable bonds is 3. The molecule has 2 fully saturated rings. The SMILES string of the molecule is O=C(/C=C/c1cccc(C(F)(F)F)c1)N1CCC(C(=O)N2CCOCC2)CC1. The Labute approximate surface area is 161 Å². The third-order valence-electron chi connectivity index (χ3n) is 5.11. The van der Waals surface area contributed by atoms with E-state index in [1.807, 2.05) is 4.90 Å². The van der Waals surface area contributed by atoms with Crippen molar-refractivity contribution in [3.05, 3.63) is 41.5 Å². The average Bonchev–Trinajstić information content (AvgIpc) is 2.72. The standard InChI is InChI=1S/C20H23F3N2O3/c21-20(22,23)17-3-1-2-15(14-17)4-5-18(26)24-8-6-16(7-9-24)19(27)25-10-12-28-13-11-25/h1-5,14,16H,6-13H2/b5-4+. The molecular weight excluding hydrogens is 373 g/mol. The number of amides is 2. The summed E-state index contributed by atoms with van der Waals surface area (Å²) in [5.41, 5.74) is -0.426. The van der Waals surface area contributed by atoms with E-state index in [1.54, 1.807) is 4.90 Å². The second-order valence-corrected chi connectivity index (χ2v) is 6.99. The number of piperidine rings is 1. The quantitative estimate of drug-likeness (QED) is 0.739. The summed E-state index contributed by atoms with van der Waals surface area (Å²) in [6.07, 6.45) is -0.538. The molecule has 28 heavy (non-hydrogen) atoms. The molecule has 2 aliphatic rings. The Kier molecular flexibility index (Phi) is 6.39. The molecule has 0 aromatic heterocycles. The van der Waals surface area contributed by atoms with Gasteiger partial charge in [-0.3, -0.25) is 9.59 Å². The number of carbonyl (C=O) groups is 2. The van der Waals surface area contributed by atoms with Gasteiger partial charge in [-0.25, -0.2) is 0 Å².